The standard InChI is InChI=1S/C16H24N2OS/c1-2-20-15-5-3-4-14(12-15)18-16(19)7-6-13-8-10-17-11-9-13/h3-5,12-13,17H,2,6-11H2,1H3,(H,18,19). The zero-order valence-electron chi connectivity index (χ0n) is 12.2. The Morgan fingerprint density at radius 2 is 2.20 bits per heavy atom. The van der Waals surface area contributed by atoms with E-state index in [1.807, 2.05) is 12.1 Å². The van der Waals surface area contributed by atoms with E-state index in [9.17, 15) is 4.79 Å². The summed E-state index contributed by atoms with van der Waals surface area (Å²) in [6.45, 7) is 4.33. The predicted molar refractivity (Wildman–Crippen MR) is 86.3 cm³/mol. The summed E-state index contributed by atoms with van der Waals surface area (Å²) in [5, 5.41) is 6.37. The molecule has 0 radical (unpaired) electrons. The molecule has 0 aromatic heterocycles. The molecular weight excluding hydrogens is 268 g/mol. The number of thioether (sulfide) groups is 1. The Hall–Kier alpha value is -1.00. The van der Waals surface area contributed by atoms with Crippen molar-refractivity contribution in [3.05, 3.63) is 24.3 Å². The lowest BCUT2D eigenvalue weighted by molar-refractivity contribution is -0.116. The van der Waals surface area contributed by atoms with Gasteiger partial charge in [-0.3, -0.25) is 4.79 Å². The monoisotopic (exact) mass is 292 g/mol. The van der Waals surface area contributed by atoms with E-state index in [2.05, 4.69) is 29.7 Å². The summed E-state index contributed by atoms with van der Waals surface area (Å²) in [4.78, 5) is 13.2. The van der Waals surface area contributed by atoms with E-state index in [1.54, 1.807) is 11.8 Å². The Kier molecular flexibility index (Phi) is 6.40. The molecule has 1 saturated heterocycles. The fourth-order valence-corrected chi connectivity index (χ4v) is 3.28. The zero-order chi connectivity index (χ0) is 14.2. The quantitative estimate of drug-likeness (QED) is 0.788. The summed E-state index contributed by atoms with van der Waals surface area (Å²) >= 11 is 1.79. The van der Waals surface area contributed by atoms with Crippen LogP contribution < -0.4 is 10.6 Å². The van der Waals surface area contributed by atoms with Crippen molar-refractivity contribution < 1.29 is 4.79 Å². The number of anilines is 1. The summed E-state index contributed by atoms with van der Waals surface area (Å²) in [6.07, 6.45) is 4.05. The van der Waals surface area contributed by atoms with Crippen molar-refractivity contribution in [1.82, 2.24) is 5.32 Å². The van der Waals surface area contributed by atoms with Crippen LogP contribution in [0.15, 0.2) is 29.2 Å². The third kappa shape index (κ3) is 5.17. The first-order valence-electron chi connectivity index (χ1n) is 7.51. The molecular formula is C16H24N2OS. The first-order chi connectivity index (χ1) is 9.78. The molecule has 1 amide bonds. The largest absolute Gasteiger partial charge is 0.326 e. The molecule has 0 unspecified atom stereocenters. The molecule has 20 heavy (non-hydrogen) atoms. The van der Waals surface area contributed by atoms with Gasteiger partial charge >= 0.3 is 0 Å². The molecule has 0 saturated carbocycles. The third-order valence-corrected chi connectivity index (χ3v) is 4.54. The van der Waals surface area contributed by atoms with Crippen LogP contribution in [0.4, 0.5) is 5.69 Å². The number of hydrogen-bond donors (Lipinski definition) is 2. The smallest absolute Gasteiger partial charge is 0.224 e. The van der Waals surface area contributed by atoms with Crippen molar-refractivity contribution in [1.29, 1.82) is 0 Å². The number of carbonyl (C=O) groups excluding carboxylic acids is 1. The van der Waals surface area contributed by atoms with Crippen LogP contribution in [-0.4, -0.2) is 24.7 Å². The van der Waals surface area contributed by atoms with E-state index in [-0.39, 0.29) is 5.91 Å². The number of nitrogens with one attached hydrogen (secondary N) is 2. The summed E-state index contributed by atoms with van der Waals surface area (Å²) in [5.74, 6) is 1.90. The van der Waals surface area contributed by atoms with E-state index in [0.717, 1.165) is 31.0 Å². The van der Waals surface area contributed by atoms with Crippen LogP contribution in [0.2, 0.25) is 0 Å². The first kappa shape index (κ1) is 15.4. The van der Waals surface area contributed by atoms with Crippen molar-refractivity contribution in [3.63, 3.8) is 0 Å². The molecule has 1 aromatic rings. The summed E-state index contributed by atoms with van der Waals surface area (Å²) in [5.41, 5.74) is 0.916. The highest BCUT2D eigenvalue weighted by molar-refractivity contribution is 7.99. The van der Waals surface area contributed by atoms with Gasteiger partial charge in [-0.25, -0.2) is 0 Å². The van der Waals surface area contributed by atoms with E-state index in [1.165, 1.54) is 17.7 Å². The van der Waals surface area contributed by atoms with Crippen LogP contribution in [0.1, 0.15) is 32.6 Å². The number of hydrogen-bond acceptors (Lipinski definition) is 3. The fourth-order valence-electron chi connectivity index (χ4n) is 2.56. The van der Waals surface area contributed by atoms with Crippen molar-refractivity contribution in [3.8, 4) is 0 Å². The van der Waals surface area contributed by atoms with Crippen molar-refractivity contribution in [2.45, 2.75) is 37.5 Å². The van der Waals surface area contributed by atoms with Crippen LogP contribution in [0.25, 0.3) is 0 Å². The van der Waals surface area contributed by atoms with Crippen molar-refractivity contribution in [2.75, 3.05) is 24.2 Å². The molecule has 0 bridgehead atoms. The second-order valence-electron chi connectivity index (χ2n) is 5.24. The van der Waals surface area contributed by atoms with Gasteiger partial charge < -0.3 is 10.6 Å². The van der Waals surface area contributed by atoms with Gasteiger partial charge in [-0.1, -0.05) is 13.0 Å². The minimum Gasteiger partial charge on any atom is -0.326 e. The second kappa shape index (κ2) is 8.32. The molecule has 110 valence electrons. The number of carbonyl (C=O) groups is 1. The van der Waals surface area contributed by atoms with Gasteiger partial charge in [-0.2, -0.15) is 0 Å². The van der Waals surface area contributed by atoms with Gasteiger partial charge in [0.25, 0.3) is 0 Å². The topological polar surface area (TPSA) is 41.1 Å². The van der Waals surface area contributed by atoms with Crippen molar-refractivity contribution >= 4 is 23.4 Å². The molecule has 3 nitrogen and oxygen atoms in total. The second-order valence-corrected chi connectivity index (χ2v) is 6.58. The Bertz CT molecular complexity index is 430. The molecule has 0 aliphatic carbocycles. The highest BCUT2D eigenvalue weighted by Gasteiger charge is 2.14. The van der Waals surface area contributed by atoms with Crippen LogP contribution in [0.3, 0.4) is 0 Å². The average Bonchev–Trinajstić information content (AvgIpc) is 2.47. The van der Waals surface area contributed by atoms with E-state index in [0.29, 0.717) is 12.3 Å². The molecule has 0 spiro atoms. The Balaban J connectivity index is 1.77. The molecule has 2 rings (SSSR count). The van der Waals surface area contributed by atoms with Crippen LogP contribution in [0, 0.1) is 5.92 Å². The molecule has 1 aliphatic rings. The lowest BCUT2D eigenvalue weighted by Crippen LogP contribution is -2.28. The van der Waals surface area contributed by atoms with Crippen molar-refractivity contribution in [2.24, 2.45) is 5.92 Å². The summed E-state index contributed by atoms with van der Waals surface area (Å²) < 4.78 is 0. The normalized spacial score (nSPS) is 16.1. The summed E-state index contributed by atoms with van der Waals surface area (Å²) in [7, 11) is 0. The van der Waals surface area contributed by atoms with E-state index < -0.39 is 0 Å². The highest BCUT2D eigenvalue weighted by Crippen LogP contribution is 2.22. The third-order valence-electron chi connectivity index (χ3n) is 3.67. The van der Waals surface area contributed by atoms with Gasteiger partial charge in [-0.15, -0.1) is 11.8 Å². The summed E-state index contributed by atoms with van der Waals surface area (Å²) in [6, 6.07) is 8.10. The lowest BCUT2D eigenvalue weighted by Gasteiger charge is -2.22. The molecule has 1 heterocycles. The number of piperidine rings is 1. The van der Waals surface area contributed by atoms with Gasteiger partial charge in [0.2, 0.25) is 5.91 Å². The zero-order valence-corrected chi connectivity index (χ0v) is 13.0. The SMILES string of the molecule is CCSc1cccc(NC(=O)CCC2CCNCC2)c1. The Morgan fingerprint density at radius 1 is 1.40 bits per heavy atom. The minimum atomic E-state index is 0.141. The average molecular weight is 292 g/mol. The van der Waals surface area contributed by atoms with Crippen LogP contribution in [-0.2, 0) is 4.79 Å². The molecule has 1 aromatic carbocycles. The Labute approximate surface area is 125 Å². The van der Waals surface area contributed by atoms with Gasteiger partial charge in [0, 0.05) is 17.0 Å². The lowest BCUT2D eigenvalue weighted by atomic mass is 9.93. The molecule has 1 fully saturated rings. The number of benzene rings is 1. The predicted octanol–water partition coefficient (Wildman–Crippen LogP) is 3.52. The van der Waals surface area contributed by atoms with E-state index >= 15 is 0 Å². The van der Waals surface area contributed by atoms with Gasteiger partial charge in [-0.05, 0) is 62.2 Å². The number of rotatable bonds is 6. The maximum absolute atomic E-state index is 12.0. The fraction of sp³-hybridized carbons (Fsp3) is 0.562. The van der Waals surface area contributed by atoms with Gasteiger partial charge in [0.05, 0.1) is 0 Å². The first-order valence-corrected chi connectivity index (χ1v) is 8.50. The number of amides is 1. The highest BCUT2D eigenvalue weighted by atomic mass is 32.2. The maximum atomic E-state index is 12.0. The molecule has 0 atom stereocenters. The molecule has 1 aliphatic heterocycles. The maximum Gasteiger partial charge on any atom is 0.224 e. The molecule has 2 N–H and O–H groups in total. The Morgan fingerprint density at radius 3 is 2.95 bits per heavy atom. The van der Waals surface area contributed by atoms with Crippen LogP contribution in [0.5, 0.6) is 0 Å². The minimum absolute atomic E-state index is 0.141. The van der Waals surface area contributed by atoms with Gasteiger partial charge in [0.1, 0.15) is 0 Å². The van der Waals surface area contributed by atoms with Gasteiger partial charge in [0.15, 0.2) is 0 Å². The van der Waals surface area contributed by atoms with Crippen LogP contribution >= 0.6 is 11.8 Å². The molecule has 4 heteroatoms. The van der Waals surface area contributed by atoms with E-state index in [4.69, 9.17) is 0 Å².